The van der Waals surface area contributed by atoms with Crippen LogP contribution in [0.5, 0.6) is 0 Å². The third kappa shape index (κ3) is 4.15. The highest BCUT2D eigenvalue weighted by Crippen LogP contribution is 2.22. The van der Waals surface area contributed by atoms with E-state index in [1.807, 2.05) is 0 Å². The molecule has 8 heteroatoms. The zero-order valence-corrected chi connectivity index (χ0v) is 13.6. The largest absolute Gasteiger partial charge is 0.336 e. The molecule has 6 nitrogen and oxygen atoms in total. The van der Waals surface area contributed by atoms with Crippen molar-refractivity contribution >= 4 is 39.1 Å². The van der Waals surface area contributed by atoms with Crippen molar-refractivity contribution in [2.24, 2.45) is 0 Å². The van der Waals surface area contributed by atoms with Crippen molar-refractivity contribution in [2.45, 2.75) is 0 Å². The van der Waals surface area contributed by atoms with Crippen LogP contribution in [-0.4, -0.2) is 59.2 Å². The second kappa shape index (κ2) is 7.20. The standard InChI is InChI=1S/C13H15BrClN3O3/c14-11-7-10(8-12(9-11)18(20)21)13(19)17-5-3-16(2-1-15)4-6-17/h7-9H,1-6H2. The zero-order valence-electron chi connectivity index (χ0n) is 11.3. The van der Waals surface area contributed by atoms with E-state index in [9.17, 15) is 14.9 Å². The summed E-state index contributed by atoms with van der Waals surface area (Å²) < 4.78 is 0.529. The number of nitrogens with zero attached hydrogens (tertiary/aromatic N) is 3. The number of carbonyl (C=O) groups excluding carboxylic acids is 1. The number of amides is 1. The third-order valence-corrected chi connectivity index (χ3v) is 4.03. The maximum Gasteiger partial charge on any atom is 0.271 e. The van der Waals surface area contributed by atoms with E-state index in [4.69, 9.17) is 11.6 Å². The van der Waals surface area contributed by atoms with Crippen molar-refractivity contribution in [2.75, 3.05) is 38.6 Å². The van der Waals surface area contributed by atoms with Crippen molar-refractivity contribution in [3.63, 3.8) is 0 Å². The molecule has 1 amide bonds. The quantitative estimate of drug-likeness (QED) is 0.460. The van der Waals surface area contributed by atoms with Crippen LogP contribution in [0, 0.1) is 10.1 Å². The van der Waals surface area contributed by atoms with Crippen molar-refractivity contribution < 1.29 is 9.72 Å². The Bertz CT molecular complexity index is 547. The number of carbonyl (C=O) groups is 1. The van der Waals surface area contributed by atoms with Gasteiger partial charge in [-0.1, -0.05) is 15.9 Å². The van der Waals surface area contributed by atoms with Gasteiger partial charge < -0.3 is 4.90 Å². The van der Waals surface area contributed by atoms with E-state index in [1.54, 1.807) is 11.0 Å². The van der Waals surface area contributed by atoms with E-state index >= 15 is 0 Å². The Morgan fingerprint density at radius 3 is 2.52 bits per heavy atom. The molecule has 1 aromatic carbocycles. The zero-order chi connectivity index (χ0) is 15.4. The Morgan fingerprint density at radius 2 is 1.95 bits per heavy atom. The lowest BCUT2D eigenvalue weighted by Crippen LogP contribution is -2.49. The minimum atomic E-state index is -0.500. The summed E-state index contributed by atoms with van der Waals surface area (Å²) in [6.45, 7) is 3.57. The average molecular weight is 377 g/mol. The number of benzene rings is 1. The molecule has 1 aromatic rings. The fraction of sp³-hybridized carbons (Fsp3) is 0.462. The molecule has 1 aliphatic rings. The molecule has 0 spiro atoms. The summed E-state index contributed by atoms with van der Waals surface area (Å²) in [4.78, 5) is 26.7. The number of hydrogen-bond acceptors (Lipinski definition) is 4. The van der Waals surface area contributed by atoms with E-state index in [1.165, 1.54) is 12.1 Å². The summed E-state index contributed by atoms with van der Waals surface area (Å²) in [7, 11) is 0. The molecule has 1 aliphatic heterocycles. The SMILES string of the molecule is O=C(c1cc(Br)cc([N+](=O)[O-])c1)N1CCN(CCCl)CC1. The first-order valence-electron chi connectivity index (χ1n) is 6.54. The van der Waals surface area contributed by atoms with Crippen LogP contribution < -0.4 is 0 Å². The lowest BCUT2D eigenvalue weighted by Gasteiger charge is -2.34. The monoisotopic (exact) mass is 375 g/mol. The molecular formula is C13H15BrClN3O3. The van der Waals surface area contributed by atoms with Gasteiger partial charge in [0.2, 0.25) is 0 Å². The number of rotatable bonds is 4. The number of nitro benzene ring substituents is 1. The van der Waals surface area contributed by atoms with Gasteiger partial charge >= 0.3 is 0 Å². The topological polar surface area (TPSA) is 66.7 Å². The van der Waals surface area contributed by atoms with Gasteiger partial charge in [-0.15, -0.1) is 11.6 Å². The minimum Gasteiger partial charge on any atom is -0.336 e. The Morgan fingerprint density at radius 1 is 1.29 bits per heavy atom. The molecule has 0 saturated carbocycles. The van der Waals surface area contributed by atoms with Gasteiger partial charge in [0.05, 0.1) is 4.92 Å². The Hall–Kier alpha value is -1.18. The Balaban J connectivity index is 2.09. The molecule has 21 heavy (non-hydrogen) atoms. The molecule has 0 unspecified atom stereocenters. The summed E-state index contributed by atoms with van der Waals surface area (Å²) in [6.07, 6.45) is 0. The minimum absolute atomic E-state index is 0.0894. The maximum atomic E-state index is 12.4. The Labute approximate surface area is 135 Å². The first-order valence-corrected chi connectivity index (χ1v) is 7.86. The molecule has 0 aliphatic carbocycles. The molecular weight excluding hydrogens is 362 g/mol. The summed E-state index contributed by atoms with van der Waals surface area (Å²) in [5, 5.41) is 10.9. The molecule has 1 heterocycles. The van der Waals surface area contributed by atoms with E-state index in [0.29, 0.717) is 29.0 Å². The van der Waals surface area contributed by atoms with Crippen LogP contribution in [0.4, 0.5) is 5.69 Å². The number of alkyl halides is 1. The maximum absolute atomic E-state index is 12.4. The molecule has 0 bridgehead atoms. The highest BCUT2D eigenvalue weighted by atomic mass is 79.9. The van der Waals surface area contributed by atoms with E-state index in [-0.39, 0.29) is 11.6 Å². The number of hydrogen-bond donors (Lipinski definition) is 0. The first-order chi connectivity index (χ1) is 10.0. The molecule has 0 aromatic heterocycles. The summed E-state index contributed by atoms with van der Waals surface area (Å²) >= 11 is 8.91. The summed E-state index contributed by atoms with van der Waals surface area (Å²) in [6, 6.07) is 4.31. The van der Waals surface area contributed by atoms with Crippen LogP contribution in [0.25, 0.3) is 0 Å². The number of non-ortho nitro benzene ring substituents is 1. The van der Waals surface area contributed by atoms with E-state index in [0.717, 1.165) is 19.6 Å². The number of halogens is 2. The van der Waals surface area contributed by atoms with Crippen LogP contribution in [-0.2, 0) is 0 Å². The molecule has 0 radical (unpaired) electrons. The van der Waals surface area contributed by atoms with Crippen LogP contribution in [0.2, 0.25) is 0 Å². The smallest absolute Gasteiger partial charge is 0.271 e. The van der Waals surface area contributed by atoms with Crippen molar-refractivity contribution in [1.29, 1.82) is 0 Å². The second-order valence-electron chi connectivity index (χ2n) is 4.78. The summed E-state index contributed by atoms with van der Waals surface area (Å²) in [5.74, 6) is 0.399. The molecule has 2 rings (SSSR count). The molecule has 1 fully saturated rings. The predicted molar refractivity (Wildman–Crippen MR) is 83.9 cm³/mol. The van der Waals surface area contributed by atoms with Crippen LogP contribution >= 0.6 is 27.5 Å². The van der Waals surface area contributed by atoms with Crippen molar-refractivity contribution in [1.82, 2.24) is 9.80 Å². The summed E-state index contributed by atoms with van der Waals surface area (Å²) in [5.41, 5.74) is 0.246. The van der Waals surface area contributed by atoms with Crippen LogP contribution in [0.15, 0.2) is 22.7 Å². The lowest BCUT2D eigenvalue weighted by molar-refractivity contribution is -0.385. The lowest BCUT2D eigenvalue weighted by atomic mass is 10.1. The van der Waals surface area contributed by atoms with Gasteiger partial charge in [-0.2, -0.15) is 0 Å². The normalized spacial score (nSPS) is 16.0. The highest BCUT2D eigenvalue weighted by molar-refractivity contribution is 9.10. The van der Waals surface area contributed by atoms with Gasteiger partial charge in [-0.3, -0.25) is 19.8 Å². The Kier molecular flexibility index (Phi) is 5.55. The van der Waals surface area contributed by atoms with Crippen molar-refractivity contribution in [3.8, 4) is 0 Å². The van der Waals surface area contributed by atoms with E-state index < -0.39 is 4.92 Å². The van der Waals surface area contributed by atoms with Crippen molar-refractivity contribution in [3.05, 3.63) is 38.3 Å². The van der Waals surface area contributed by atoms with Gasteiger partial charge in [0, 0.05) is 60.8 Å². The van der Waals surface area contributed by atoms with E-state index in [2.05, 4.69) is 20.8 Å². The predicted octanol–water partition coefficient (Wildman–Crippen LogP) is 2.35. The fourth-order valence-corrected chi connectivity index (χ4v) is 3.00. The van der Waals surface area contributed by atoms with Gasteiger partial charge in [0.25, 0.3) is 11.6 Å². The number of piperazine rings is 1. The van der Waals surface area contributed by atoms with Gasteiger partial charge in [0.15, 0.2) is 0 Å². The number of nitro groups is 1. The average Bonchev–Trinajstić information content (AvgIpc) is 2.47. The second-order valence-corrected chi connectivity index (χ2v) is 6.07. The first kappa shape index (κ1) is 16.2. The van der Waals surface area contributed by atoms with Crippen LogP contribution in [0.3, 0.4) is 0 Å². The van der Waals surface area contributed by atoms with Gasteiger partial charge in [0.1, 0.15) is 0 Å². The third-order valence-electron chi connectivity index (χ3n) is 3.40. The molecule has 0 N–H and O–H groups in total. The highest BCUT2D eigenvalue weighted by Gasteiger charge is 2.23. The molecule has 114 valence electrons. The van der Waals surface area contributed by atoms with Crippen LogP contribution in [0.1, 0.15) is 10.4 Å². The fourth-order valence-electron chi connectivity index (χ4n) is 2.28. The van der Waals surface area contributed by atoms with Gasteiger partial charge in [-0.25, -0.2) is 0 Å². The molecule has 1 saturated heterocycles. The molecule has 0 atom stereocenters. The van der Waals surface area contributed by atoms with Gasteiger partial charge in [-0.05, 0) is 6.07 Å².